The number of carbonyl (C=O) groups is 1. The van der Waals surface area contributed by atoms with Gasteiger partial charge in [-0.1, -0.05) is 36.4 Å². The van der Waals surface area contributed by atoms with Crippen molar-refractivity contribution in [1.82, 2.24) is 9.78 Å². The fourth-order valence-corrected chi connectivity index (χ4v) is 2.53. The van der Waals surface area contributed by atoms with E-state index in [1.54, 1.807) is 48.5 Å². The van der Waals surface area contributed by atoms with Gasteiger partial charge < -0.3 is 10.1 Å². The summed E-state index contributed by atoms with van der Waals surface area (Å²) in [4.78, 5) is 12.4. The molecule has 27 heavy (non-hydrogen) atoms. The molecule has 0 aliphatic heterocycles. The number of methoxy groups -OCH3 is 1. The summed E-state index contributed by atoms with van der Waals surface area (Å²) in [6.45, 7) is 0.618. The quantitative estimate of drug-likeness (QED) is 0.540. The summed E-state index contributed by atoms with van der Waals surface area (Å²) in [7, 11) is 1.55. The first-order chi connectivity index (χ1) is 13.2. The molecule has 1 heterocycles. The van der Waals surface area contributed by atoms with Gasteiger partial charge in [-0.05, 0) is 23.8 Å². The van der Waals surface area contributed by atoms with Gasteiger partial charge in [-0.3, -0.25) is 9.48 Å². The predicted octanol–water partition coefficient (Wildman–Crippen LogP) is 3.49. The molecule has 3 aromatic rings. The second kappa shape index (κ2) is 8.50. The molecule has 1 aromatic heterocycles. The predicted molar refractivity (Wildman–Crippen MR) is 103 cm³/mol. The number of hydrogen-bond acceptors (Lipinski definition) is 4. The number of hydrogen-bond donors (Lipinski definition) is 1. The van der Waals surface area contributed by atoms with Crippen LogP contribution in [0.15, 0.2) is 72.6 Å². The summed E-state index contributed by atoms with van der Waals surface area (Å²) < 4.78 is 6.89. The Bertz CT molecular complexity index is 1000. The van der Waals surface area contributed by atoms with Crippen LogP contribution in [0.2, 0.25) is 0 Å². The lowest BCUT2D eigenvalue weighted by Gasteiger charge is -2.06. The van der Waals surface area contributed by atoms with Crippen LogP contribution in [-0.2, 0) is 11.3 Å². The molecule has 0 aliphatic rings. The topological polar surface area (TPSA) is 79.9 Å². The van der Waals surface area contributed by atoms with Crippen molar-refractivity contribution in [1.29, 1.82) is 5.26 Å². The Balaban J connectivity index is 1.72. The van der Waals surface area contributed by atoms with Crippen LogP contribution in [0, 0.1) is 11.3 Å². The van der Waals surface area contributed by atoms with Crippen LogP contribution in [0.1, 0.15) is 11.1 Å². The number of nitrogens with zero attached hydrogens (tertiary/aromatic N) is 3. The molecule has 134 valence electrons. The summed E-state index contributed by atoms with van der Waals surface area (Å²) in [5.41, 5.74) is 2.35. The van der Waals surface area contributed by atoms with Crippen molar-refractivity contribution in [2.45, 2.75) is 6.54 Å². The average molecular weight is 358 g/mol. The zero-order valence-corrected chi connectivity index (χ0v) is 14.8. The lowest BCUT2D eigenvalue weighted by Crippen LogP contribution is -2.13. The van der Waals surface area contributed by atoms with Crippen molar-refractivity contribution < 1.29 is 9.53 Å². The van der Waals surface area contributed by atoms with Crippen molar-refractivity contribution in [2.75, 3.05) is 12.4 Å². The van der Waals surface area contributed by atoms with Gasteiger partial charge in [0.05, 0.1) is 19.9 Å². The SMILES string of the molecule is COc1cccc(NC(=O)/C(C#N)=C/c2cnn(Cc3ccccc3)c2)c1. The highest BCUT2D eigenvalue weighted by Gasteiger charge is 2.11. The Morgan fingerprint density at radius 1 is 1.26 bits per heavy atom. The maximum absolute atomic E-state index is 12.4. The third-order valence-electron chi connectivity index (χ3n) is 3.84. The number of carbonyl (C=O) groups excluding carboxylic acids is 1. The summed E-state index contributed by atoms with van der Waals surface area (Å²) >= 11 is 0. The van der Waals surface area contributed by atoms with Gasteiger partial charge in [0.1, 0.15) is 17.4 Å². The number of nitrogens with one attached hydrogen (secondary N) is 1. The number of nitriles is 1. The third-order valence-corrected chi connectivity index (χ3v) is 3.84. The Kier molecular flexibility index (Phi) is 5.65. The molecule has 1 N–H and O–H groups in total. The second-order valence-electron chi connectivity index (χ2n) is 5.81. The highest BCUT2D eigenvalue weighted by atomic mass is 16.5. The molecule has 6 heteroatoms. The Hall–Kier alpha value is -3.85. The van der Waals surface area contributed by atoms with Gasteiger partial charge in [0.15, 0.2) is 0 Å². The van der Waals surface area contributed by atoms with Crippen LogP contribution in [0.5, 0.6) is 5.75 Å². The van der Waals surface area contributed by atoms with Gasteiger partial charge in [0, 0.05) is 23.5 Å². The molecule has 0 radical (unpaired) electrons. The fraction of sp³-hybridized carbons (Fsp3) is 0.0952. The number of anilines is 1. The van der Waals surface area contributed by atoms with E-state index in [0.717, 1.165) is 5.56 Å². The minimum absolute atomic E-state index is 0.00270. The van der Waals surface area contributed by atoms with Gasteiger partial charge in [-0.25, -0.2) is 0 Å². The van der Waals surface area contributed by atoms with E-state index in [1.807, 2.05) is 36.4 Å². The zero-order valence-electron chi connectivity index (χ0n) is 14.8. The van der Waals surface area contributed by atoms with Gasteiger partial charge in [0.2, 0.25) is 0 Å². The van der Waals surface area contributed by atoms with Gasteiger partial charge in [-0.2, -0.15) is 10.4 Å². The average Bonchev–Trinajstić information content (AvgIpc) is 3.14. The van der Waals surface area contributed by atoms with E-state index >= 15 is 0 Å². The van der Waals surface area contributed by atoms with Gasteiger partial charge in [0.25, 0.3) is 5.91 Å². The maximum atomic E-state index is 12.4. The molecule has 2 aromatic carbocycles. The Labute approximate surface area is 157 Å². The molecule has 0 saturated heterocycles. The molecule has 0 saturated carbocycles. The standard InChI is InChI=1S/C21H18N4O2/c1-27-20-9-5-8-19(11-20)24-21(26)18(12-22)10-17-13-23-25(15-17)14-16-6-3-2-4-7-16/h2-11,13,15H,14H2,1H3,(H,24,26)/b18-10+. The summed E-state index contributed by atoms with van der Waals surface area (Å²) in [6.07, 6.45) is 4.94. The first-order valence-corrected chi connectivity index (χ1v) is 8.31. The van der Waals surface area contributed by atoms with Crippen LogP contribution < -0.4 is 10.1 Å². The monoisotopic (exact) mass is 358 g/mol. The van der Waals surface area contributed by atoms with Gasteiger partial charge >= 0.3 is 0 Å². The second-order valence-corrected chi connectivity index (χ2v) is 5.81. The molecule has 3 rings (SSSR count). The van der Waals surface area contributed by atoms with Crippen molar-refractivity contribution in [3.8, 4) is 11.8 Å². The molecule has 0 fully saturated rings. The van der Waals surface area contributed by atoms with E-state index in [1.165, 1.54) is 6.08 Å². The normalized spacial score (nSPS) is 10.9. The highest BCUT2D eigenvalue weighted by Crippen LogP contribution is 2.18. The minimum atomic E-state index is -0.485. The molecular formula is C21H18N4O2. The van der Waals surface area contributed by atoms with E-state index in [0.29, 0.717) is 23.5 Å². The lowest BCUT2D eigenvalue weighted by molar-refractivity contribution is -0.112. The van der Waals surface area contributed by atoms with Crippen LogP contribution in [0.3, 0.4) is 0 Å². The van der Waals surface area contributed by atoms with Crippen molar-refractivity contribution in [3.05, 3.63) is 83.7 Å². The van der Waals surface area contributed by atoms with Gasteiger partial charge in [-0.15, -0.1) is 0 Å². The van der Waals surface area contributed by atoms with E-state index in [4.69, 9.17) is 4.74 Å². The number of aromatic nitrogens is 2. The Morgan fingerprint density at radius 3 is 2.81 bits per heavy atom. The van der Waals surface area contributed by atoms with Crippen LogP contribution in [-0.4, -0.2) is 22.8 Å². The molecule has 0 bridgehead atoms. The van der Waals surface area contributed by atoms with Crippen molar-refractivity contribution in [3.63, 3.8) is 0 Å². The lowest BCUT2D eigenvalue weighted by atomic mass is 10.2. The maximum Gasteiger partial charge on any atom is 0.266 e. The first kappa shape index (κ1) is 18.0. The molecule has 0 aliphatic carbocycles. The summed E-state index contributed by atoms with van der Waals surface area (Å²) in [5.74, 6) is 0.138. The number of rotatable bonds is 6. The van der Waals surface area contributed by atoms with E-state index < -0.39 is 5.91 Å². The first-order valence-electron chi connectivity index (χ1n) is 8.31. The van der Waals surface area contributed by atoms with Crippen LogP contribution >= 0.6 is 0 Å². The van der Waals surface area contributed by atoms with Crippen LogP contribution in [0.25, 0.3) is 6.08 Å². The highest BCUT2D eigenvalue weighted by molar-refractivity contribution is 6.09. The molecular weight excluding hydrogens is 340 g/mol. The van der Waals surface area contributed by atoms with E-state index in [2.05, 4.69) is 10.4 Å². The Morgan fingerprint density at radius 2 is 2.07 bits per heavy atom. The molecule has 1 amide bonds. The molecule has 0 spiro atoms. The zero-order chi connectivity index (χ0) is 19.1. The van der Waals surface area contributed by atoms with Crippen molar-refractivity contribution >= 4 is 17.7 Å². The smallest absolute Gasteiger partial charge is 0.266 e. The van der Waals surface area contributed by atoms with E-state index in [9.17, 15) is 10.1 Å². The fourth-order valence-electron chi connectivity index (χ4n) is 2.53. The number of amides is 1. The number of benzene rings is 2. The molecule has 6 nitrogen and oxygen atoms in total. The largest absolute Gasteiger partial charge is 0.497 e. The molecule has 0 atom stereocenters. The van der Waals surface area contributed by atoms with Crippen LogP contribution in [0.4, 0.5) is 5.69 Å². The summed E-state index contributed by atoms with van der Waals surface area (Å²) in [5, 5.41) is 16.3. The van der Waals surface area contributed by atoms with Crippen molar-refractivity contribution in [2.24, 2.45) is 0 Å². The van der Waals surface area contributed by atoms with E-state index in [-0.39, 0.29) is 5.57 Å². The third kappa shape index (κ3) is 4.83. The molecule has 0 unspecified atom stereocenters. The minimum Gasteiger partial charge on any atom is -0.497 e. The number of ether oxygens (including phenoxy) is 1. The summed E-state index contributed by atoms with van der Waals surface area (Å²) in [6, 6.07) is 18.8.